The van der Waals surface area contributed by atoms with Gasteiger partial charge in [0.25, 0.3) is 5.78 Å². The van der Waals surface area contributed by atoms with Crippen LogP contribution >= 0.6 is 0 Å². The van der Waals surface area contributed by atoms with Crippen LogP contribution in [0.1, 0.15) is 56.0 Å². The van der Waals surface area contributed by atoms with Crippen molar-refractivity contribution in [3.05, 3.63) is 71.8 Å². The summed E-state index contributed by atoms with van der Waals surface area (Å²) in [4.78, 5) is 25.0. The molecule has 1 aliphatic rings. The highest BCUT2D eigenvalue weighted by atomic mass is 16.5. The van der Waals surface area contributed by atoms with Crippen molar-refractivity contribution >= 4 is 11.8 Å². The average Bonchev–Trinajstić information content (AvgIpc) is 2.68. The molecular weight excluding hydrogens is 336 g/mol. The monoisotopic (exact) mass is 364 g/mol. The van der Waals surface area contributed by atoms with E-state index in [0.717, 1.165) is 19.3 Å². The molecule has 2 aromatic rings. The van der Waals surface area contributed by atoms with Crippen LogP contribution in [0.25, 0.3) is 0 Å². The van der Waals surface area contributed by atoms with Gasteiger partial charge in [0.15, 0.2) is 0 Å². The topological polar surface area (TPSA) is 43.4 Å². The second kappa shape index (κ2) is 8.08. The Labute approximate surface area is 161 Å². The molecule has 2 aromatic carbocycles. The highest BCUT2D eigenvalue weighted by molar-refractivity contribution is 6.40. The van der Waals surface area contributed by atoms with Gasteiger partial charge in [0.05, 0.1) is 0 Å². The number of rotatable bonds is 5. The summed E-state index contributed by atoms with van der Waals surface area (Å²) in [5, 5.41) is 0. The van der Waals surface area contributed by atoms with Gasteiger partial charge in [-0.2, -0.15) is 0 Å². The maximum Gasteiger partial charge on any atom is 0.379 e. The van der Waals surface area contributed by atoms with Gasteiger partial charge < -0.3 is 4.74 Å². The van der Waals surface area contributed by atoms with Crippen LogP contribution in [-0.4, -0.2) is 17.9 Å². The van der Waals surface area contributed by atoms with Gasteiger partial charge in [0.1, 0.15) is 6.10 Å². The first-order valence-corrected chi connectivity index (χ1v) is 9.75. The highest BCUT2D eigenvalue weighted by Gasteiger charge is 2.42. The van der Waals surface area contributed by atoms with Gasteiger partial charge in [0, 0.05) is 11.5 Å². The SMILES string of the molecule is C[C@@H]1CC[C@@H](C(C)(C)c2ccccc2)[C@H](OC(=O)C(=O)c2ccccc2)C1. The quantitative estimate of drug-likeness (QED) is 0.416. The Morgan fingerprint density at radius 3 is 2.15 bits per heavy atom. The number of hydrogen-bond acceptors (Lipinski definition) is 3. The summed E-state index contributed by atoms with van der Waals surface area (Å²) >= 11 is 0. The van der Waals surface area contributed by atoms with Gasteiger partial charge in [0.2, 0.25) is 0 Å². The summed E-state index contributed by atoms with van der Waals surface area (Å²) in [6.45, 7) is 6.61. The van der Waals surface area contributed by atoms with Crippen molar-refractivity contribution in [2.45, 2.75) is 51.6 Å². The molecule has 0 unspecified atom stereocenters. The Balaban J connectivity index is 1.80. The molecule has 0 radical (unpaired) electrons. The fraction of sp³-hybridized carbons (Fsp3) is 0.417. The summed E-state index contributed by atoms with van der Waals surface area (Å²) in [7, 11) is 0. The first kappa shape index (κ1) is 19.3. The zero-order valence-corrected chi connectivity index (χ0v) is 16.4. The highest BCUT2D eigenvalue weighted by Crippen LogP contribution is 2.43. The summed E-state index contributed by atoms with van der Waals surface area (Å²) in [6, 6.07) is 19.0. The number of ketones is 1. The van der Waals surface area contributed by atoms with Crippen LogP contribution in [0.2, 0.25) is 0 Å². The van der Waals surface area contributed by atoms with Gasteiger partial charge in [-0.15, -0.1) is 0 Å². The van der Waals surface area contributed by atoms with Crippen molar-refractivity contribution in [3.8, 4) is 0 Å². The fourth-order valence-electron chi connectivity index (χ4n) is 4.26. The predicted octanol–water partition coefficient (Wildman–Crippen LogP) is 5.20. The number of Topliss-reactive ketones (excluding diaryl/α,β-unsaturated/α-hetero) is 1. The van der Waals surface area contributed by atoms with Crippen LogP contribution < -0.4 is 0 Å². The lowest BCUT2D eigenvalue weighted by atomic mass is 9.64. The Bertz CT molecular complexity index is 780. The number of hydrogen-bond donors (Lipinski definition) is 0. The van der Waals surface area contributed by atoms with E-state index in [1.165, 1.54) is 5.56 Å². The van der Waals surface area contributed by atoms with E-state index in [2.05, 4.69) is 32.9 Å². The van der Waals surface area contributed by atoms with Crippen molar-refractivity contribution in [1.29, 1.82) is 0 Å². The maximum atomic E-state index is 12.6. The standard InChI is InChI=1S/C24H28O3/c1-17-14-15-20(24(2,3)19-12-8-5-9-13-19)21(16-17)27-23(26)22(25)18-10-6-4-7-11-18/h4-13,17,20-21H,14-16H2,1-3H3/t17-,20-,21-/m1/s1. The molecular formula is C24H28O3. The Hall–Kier alpha value is -2.42. The lowest BCUT2D eigenvalue weighted by Gasteiger charge is -2.43. The molecule has 0 aliphatic heterocycles. The largest absolute Gasteiger partial charge is 0.456 e. The second-order valence-corrected chi connectivity index (χ2v) is 8.25. The van der Waals surface area contributed by atoms with Crippen molar-refractivity contribution in [3.63, 3.8) is 0 Å². The summed E-state index contributed by atoms with van der Waals surface area (Å²) in [6.07, 6.45) is 2.65. The third-order valence-electron chi connectivity index (χ3n) is 5.98. The van der Waals surface area contributed by atoms with Crippen LogP contribution in [-0.2, 0) is 14.9 Å². The third kappa shape index (κ3) is 4.29. The second-order valence-electron chi connectivity index (χ2n) is 8.25. The van der Waals surface area contributed by atoms with Gasteiger partial charge in [-0.25, -0.2) is 4.79 Å². The summed E-state index contributed by atoms with van der Waals surface area (Å²) < 4.78 is 5.81. The van der Waals surface area contributed by atoms with Crippen molar-refractivity contribution in [2.24, 2.45) is 11.8 Å². The van der Waals surface area contributed by atoms with Crippen LogP contribution in [0, 0.1) is 11.8 Å². The van der Waals surface area contributed by atoms with E-state index in [1.807, 2.05) is 24.3 Å². The molecule has 3 nitrogen and oxygen atoms in total. The molecule has 0 heterocycles. The molecule has 1 saturated carbocycles. The molecule has 3 atom stereocenters. The first-order valence-electron chi connectivity index (χ1n) is 9.75. The Morgan fingerprint density at radius 1 is 0.926 bits per heavy atom. The maximum absolute atomic E-state index is 12.6. The number of carbonyl (C=O) groups is 2. The molecule has 0 saturated heterocycles. The van der Waals surface area contributed by atoms with Gasteiger partial charge >= 0.3 is 5.97 Å². The van der Waals surface area contributed by atoms with E-state index < -0.39 is 11.8 Å². The van der Waals surface area contributed by atoms with Crippen molar-refractivity contribution in [1.82, 2.24) is 0 Å². The number of esters is 1. The molecule has 142 valence electrons. The summed E-state index contributed by atoms with van der Waals surface area (Å²) in [5.41, 5.74) is 1.48. The molecule has 0 N–H and O–H groups in total. The van der Waals surface area contributed by atoms with Gasteiger partial charge in [-0.3, -0.25) is 4.79 Å². The molecule has 0 spiro atoms. The summed E-state index contributed by atoms with van der Waals surface area (Å²) in [5.74, 6) is -0.639. The minimum absolute atomic E-state index is 0.137. The van der Waals surface area contributed by atoms with E-state index >= 15 is 0 Å². The molecule has 3 rings (SSSR count). The molecule has 1 aliphatic carbocycles. The van der Waals surface area contributed by atoms with Gasteiger partial charge in [-0.05, 0) is 29.7 Å². The minimum atomic E-state index is -0.742. The molecule has 0 amide bonds. The molecule has 27 heavy (non-hydrogen) atoms. The van der Waals surface area contributed by atoms with E-state index in [0.29, 0.717) is 11.5 Å². The van der Waals surface area contributed by atoms with E-state index in [9.17, 15) is 9.59 Å². The Kier molecular flexibility index (Phi) is 5.79. The molecule has 0 aromatic heterocycles. The lowest BCUT2D eigenvalue weighted by Crippen LogP contribution is -2.44. The minimum Gasteiger partial charge on any atom is -0.456 e. The number of benzene rings is 2. The average molecular weight is 364 g/mol. The van der Waals surface area contributed by atoms with Crippen LogP contribution in [0.3, 0.4) is 0 Å². The molecule has 1 fully saturated rings. The molecule has 3 heteroatoms. The van der Waals surface area contributed by atoms with Gasteiger partial charge in [-0.1, -0.05) is 87.9 Å². The normalized spacial score (nSPS) is 22.9. The number of ether oxygens (including phenoxy) is 1. The van der Waals surface area contributed by atoms with E-state index in [1.54, 1.807) is 24.3 Å². The van der Waals surface area contributed by atoms with Crippen molar-refractivity contribution < 1.29 is 14.3 Å². The lowest BCUT2D eigenvalue weighted by molar-refractivity contribution is -0.150. The van der Waals surface area contributed by atoms with Crippen LogP contribution in [0.15, 0.2) is 60.7 Å². The number of carbonyl (C=O) groups excluding carboxylic acids is 2. The zero-order valence-electron chi connectivity index (χ0n) is 16.4. The molecule has 0 bridgehead atoms. The van der Waals surface area contributed by atoms with E-state index in [-0.39, 0.29) is 17.4 Å². The van der Waals surface area contributed by atoms with Crippen LogP contribution in [0.5, 0.6) is 0 Å². The van der Waals surface area contributed by atoms with Crippen LogP contribution in [0.4, 0.5) is 0 Å². The van der Waals surface area contributed by atoms with E-state index in [4.69, 9.17) is 4.74 Å². The third-order valence-corrected chi connectivity index (χ3v) is 5.98. The predicted molar refractivity (Wildman–Crippen MR) is 107 cm³/mol. The zero-order chi connectivity index (χ0) is 19.4. The fourth-order valence-corrected chi connectivity index (χ4v) is 4.26. The first-order chi connectivity index (χ1) is 12.9. The van der Waals surface area contributed by atoms with Crippen molar-refractivity contribution in [2.75, 3.05) is 0 Å². The smallest absolute Gasteiger partial charge is 0.379 e. The Morgan fingerprint density at radius 2 is 1.52 bits per heavy atom.